The molecule has 0 saturated carbocycles. The number of carbonyl (C=O) groups excluding carboxylic acids is 1. The molecule has 0 heterocycles. The summed E-state index contributed by atoms with van der Waals surface area (Å²) in [5, 5.41) is 29.8. The Bertz CT molecular complexity index is 409. The Kier molecular flexibility index (Phi) is 7.01. The van der Waals surface area contributed by atoms with Crippen molar-refractivity contribution in [2.45, 2.75) is 18.2 Å². The Labute approximate surface area is 123 Å². The SMILES string of the molecule is Cc1ccc(CSCC(=O)NC(CO)(CO)CO)cc1. The van der Waals surface area contributed by atoms with Gasteiger partial charge in [0.2, 0.25) is 5.91 Å². The van der Waals surface area contributed by atoms with Gasteiger partial charge in [-0.15, -0.1) is 11.8 Å². The lowest BCUT2D eigenvalue weighted by atomic mass is 10.0. The minimum Gasteiger partial charge on any atom is -0.394 e. The largest absolute Gasteiger partial charge is 0.394 e. The molecule has 0 aromatic heterocycles. The van der Waals surface area contributed by atoms with Crippen LogP contribution in [-0.4, -0.2) is 52.3 Å². The van der Waals surface area contributed by atoms with Gasteiger partial charge in [0.15, 0.2) is 0 Å². The van der Waals surface area contributed by atoms with E-state index in [-0.39, 0.29) is 11.7 Å². The number of aliphatic hydroxyl groups is 3. The molecule has 1 aromatic rings. The molecule has 20 heavy (non-hydrogen) atoms. The Hall–Kier alpha value is -1.08. The zero-order valence-electron chi connectivity index (χ0n) is 11.5. The van der Waals surface area contributed by atoms with E-state index in [1.54, 1.807) is 0 Å². The van der Waals surface area contributed by atoms with Crippen molar-refractivity contribution >= 4 is 17.7 Å². The second-order valence-corrected chi connectivity index (χ2v) is 5.77. The molecule has 0 saturated heterocycles. The van der Waals surface area contributed by atoms with E-state index in [9.17, 15) is 4.79 Å². The minimum atomic E-state index is -1.35. The fraction of sp³-hybridized carbons (Fsp3) is 0.500. The summed E-state index contributed by atoms with van der Waals surface area (Å²) in [6, 6.07) is 8.06. The highest BCUT2D eigenvalue weighted by Gasteiger charge is 2.29. The molecular weight excluding hydrogens is 278 g/mol. The molecule has 1 rings (SSSR count). The van der Waals surface area contributed by atoms with Crippen LogP contribution in [0.5, 0.6) is 0 Å². The van der Waals surface area contributed by atoms with Crippen LogP contribution >= 0.6 is 11.8 Å². The van der Waals surface area contributed by atoms with Gasteiger partial charge in [-0.25, -0.2) is 0 Å². The number of aryl methyl sites for hydroxylation is 1. The monoisotopic (exact) mass is 299 g/mol. The summed E-state index contributed by atoms with van der Waals surface area (Å²) in [5.41, 5.74) is 0.975. The average Bonchev–Trinajstić information content (AvgIpc) is 2.47. The summed E-state index contributed by atoms with van der Waals surface area (Å²) in [7, 11) is 0. The molecule has 0 bridgehead atoms. The third-order valence-electron chi connectivity index (χ3n) is 2.94. The highest BCUT2D eigenvalue weighted by molar-refractivity contribution is 7.99. The molecule has 5 nitrogen and oxygen atoms in total. The maximum absolute atomic E-state index is 11.7. The van der Waals surface area contributed by atoms with E-state index in [2.05, 4.69) is 5.32 Å². The number of hydrogen-bond acceptors (Lipinski definition) is 5. The predicted molar refractivity (Wildman–Crippen MR) is 79.5 cm³/mol. The summed E-state index contributed by atoms with van der Waals surface area (Å²) in [5.74, 6) is 0.590. The molecular formula is C14H21NO4S. The third kappa shape index (κ3) is 5.13. The Morgan fingerprint density at radius 3 is 2.20 bits per heavy atom. The first-order chi connectivity index (χ1) is 9.55. The minimum absolute atomic E-state index is 0.204. The number of nitrogens with one attached hydrogen (secondary N) is 1. The van der Waals surface area contributed by atoms with Crippen molar-refractivity contribution in [3.8, 4) is 0 Å². The summed E-state index contributed by atoms with van der Waals surface area (Å²) in [6.45, 7) is 0.500. The van der Waals surface area contributed by atoms with Gasteiger partial charge < -0.3 is 20.6 Å². The first-order valence-electron chi connectivity index (χ1n) is 6.32. The van der Waals surface area contributed by atoms with Gasteiger partial charge in [0.05, 0.1) is 25.6 Å². The molecule has 1 amide bonds. The second kappa shape index (κ2) is 8.26. The first kappa shape index (κ1) is 17.0. The Morgan fingerprint density at radius 2 is 1.70 bits per heavy atom. The van der Waals surface area contributed by atoms with E-state index < -0.39 is 25.4 Å². The predicted octanol–water partition coefficient (Wildman–Crippen LogP) is 0.0601. The van der Waals surface area contributed by atoms with Gasteiger partial charge in [0.1, 0.15) is 5.54 Å². The van der Waals surface area contributed by atoms with Gasteiger partial charge in [0.25, 0.3) is 0 Å². The number of benzene rings is 1. The third-order valence-corrected chi connectivity index (χ3v) is 3.94. The zero-order valence-corrected chi connectivity index (χ0v) is 12.3. The molecule has 0 radical (unpaired) electrons. The van der Waals surface area contributed by atoms with Crippen LogP contribution in [0.2, 0.25) is 0 Å². The number of amides is 1. The molecule has 0 fully saturated rings. The molecule has 0 unspecified atom stereocenters. The lowest BCUT2D eigenvalue weighted by Gasteiger charge is -2.28. The number of thioether (sulfide) groups is 1. The van der Waals surface area contributed by atoms with E-state index in [1.807, 2.05) is 31.2 Å². The fourth-order valence-electron chi connectivity index (χ4n) is 1.55. The molecule has 0 aliphatic rings. The van der Waals surface area contributed by atoms with Crippen LogP contribution in [0.4, 0.5) is 0 Å². The Balaban J connectivity index is 2.38. The summed E-state index contributed by atoms with van der Waals surface area (Å²) >= 11 is 1.44. The molecule has 0 spiro atoms. The number of carbonyl (C=O) groups is 1. The van der Waals surface area contributed by atoms with Crippen LogP contribution in [-0.2, 0) is 10.5 Å². The maximum atomic E-state index is 11.7. The van der Waals surface area contributed by atoms with Crippen molar-refractivity contribution in [3.63, 3.8) is 0 Å². The van der Waals surface area contributed by atoms with Crippen molar-refractivity contribution in [3.05, 3.63) is 35.4 Å². The number of aliphatic hydroxyl groups excluding tert-OH is 3. The fourth-order valence-corrected chi connectivity index (χ4v) is 2.33. The Morgan fingerprint density at radius 1 is 1.15 bits per heavy atom. The van der Waals surface area contributed by atoms with Crippen LogP contribution in [0.3, 0.4) is 0 Å². The quantitative estimate of drug-likeness (QED) is 0.545. The zero-order chi connectivity index (χ0) is 15.0. The molecule has 0 aliphatic heterocycles. The standard InChI is InChI=1S/C14H21NO4S/c1-11-2-4-12(5-3-11)6-20-7-13(19)15-14(8-16,9-17)10-18/h2-5,16-18H,6-10H2,1H3,(H,15,19). The first-order valence-corrected chi connectivity index (χ1v) is 7.47. The topological polar surface area (TPSA) is 89.8 Å². The van der Waals surface area contributed by atoms with Gasteiger partial charge in [0, 0.05) is 5.75 Å². The van der Waals surface area contributed by atoms with Crippen LogP contribution in [0.1, 0.15) is 11.1 Å². The van der Waals surface area contributed by atoms with Gasteiger partial charge in [-0.2, -0.15) is 0 Å². The maximum Gasteiger partial charge on any atom is 0.230 e. The molecule has 4 N–H and O–H groups in total. The van der Waals surface area contributed by atoms with E-state index >= 15 is 0 Å². The van der Waals surface area contributed by atoms with Gasteiger partial charge in [-0.3, -0.25) is 4.79 Å². The van der Waals surface area contributed by atoms with Crippen LogP contribution in [0.15, 0.2) is 24.3 Å². The van der Waals surface area contributed by atoms with Crippen molar-refractivity contribution < 1.29 is 20.1 Å². The highest BCUT2D eigenvalue weighted by Crippen LogP contribution is 2.13. The molecule has 6 heteroatoms. The van der Waals surface area contributed by atoms with Crippen molar-refractivity contribution in [1.29, 1.82) is 0 Å². The summed E-state index contributed by atoms with van der Waals surface area (Å²) in [4.78, 5) is 11.7. The number of hydrogen-bond donors (Lipinski definition) is 4. The van der Waals surface area contributed by atoms with E-state index in [4.69, 9.17) is 15.3 Å². The molecule has 0 atom stereocenters. The van der Waals surface area contributed by atoms with Gasteiger partial charge in [-0.1, -0.05) is 29.8 Å². The molecule has 112 valence electrons. The van der Waals surface area contributed by atoms with Crippen LogP contribution in [0.25, 0.3) is 0 Å². The highest BCUT2D eigenvalue weighted by atomic mass is 32.2. The normalized spacial score (nSPS) is 11.4. The van der Waals surface area contributed by atoms with E-state index in [0.29, 0.717) is 5.75 Å². The van der Waals surface area contributed by atoms with Crippen LogP contribution < -0.4 is 5.32 Å². The lowest BCUT2D eigenvalue weighted by Crippen LogP contribution is -2.57. The molecule has 1 aromatic carbocycles. The van der Waals surface area contributed by atoms with Gasteiger partial charge in [-0.05, 0) is 12.5 Å². The summed E-state index contributed by atoms with van der Waals surface area (Å²) < 4.78 is 0. The summed E-state index contributed by atoms with van der Waals surface area (Å²) in [6.07, 6.45) is 0. The van der Waals surface area contributed by atoms with Crippen molar-refractivity contribution in [1.82, 2.24) is 5.32 Å². The van der Waals surface area contributed by atoms with Gasteiger partial charge >= 0.3 is 0 Å². The van der Waals surface area contributed by atoms with Crippen molar-refractivity contribution in [2.24, 2.45) is 0 Å². The molecule has 0 aliphatic carbocycles. The van der Waals surface area contributed by atoms with E-state index in [0.717, 1.165) is 5.56 Å². The average molecular weight is 299 g/mol. The van der Waals surface area contributed by atoms with E-state index in [1.165, 1.54) is 17.3 Å². The second-order valence-electron chi connectivity index (χ2n) is 4.78. The number of rotatable bonds is 8. The van der Waals surface area contributed by atoms with Crippen molar-refractivity contribution in [2.75, 3.05) is 25.6 Å². The van der Waals surface area contributed by atoms with Crippen LogP contribution in [0, 0.1) is 6.92 Å². The smallest absolute Gasteiger partial charge is 0.230 e. The lowest BCUT2D eigenvalue weighted by molar-refractivity contribution is -0.122.